The fraction of sp³-hybridized carbons (Fsp3) is 0.300. The number of Topliss-reactive ketones (excluding diaryl/α,β-unsaturated/α-hetero) is 1. The number of halogens is 1. The second-order valence-electron chi connectivity index (χ2n) is 13.3. The molecule has 0 unspecified atom stereocenters. The number of nitriles is 1. The molecule has 1 aromatic heterocycles. The minimum atomic E-state index is -1.27. The van der Waals surface area contributed by atoms with Gasteiger partial charge in [-0.3, -0.25) is 4.79 Å². The van der Waals surface area contributed by atoms with E-state index in [0.29, 0.717) is 62.6 Å². The molecule has 2 aliphatic rings. The lowest BCUT2D eigenvalue weighted by atomic mass is 9.77. The van der Waals surface area contributed by atoms with E-state index in [1.54, 1.807) is 18.2 Å². The van der Waals surface area contributed by atoms with E-state index in [1.165, 1.54) is 17.4 Å². The number of benzene rings is 4. The highest BCUT2D eigenvalue weighted by Gasteiger charge is 2.54. The number of fused-ring (bicyclic) bond motifs is 7. The highest BCUT2D eigenvalue weighted by Crippen LogP contribution is 2.57. The fourth-order valence-electron chi connectivity index (χ4n) is 6.76. The maximum absolute atomic E-state index is 14.4. The van der Waals surface area contributed by atoms with Gasteiger partial charge in [-0.25, -0.2) is 14.2 Å². The molecule has 7 rings (SSSR count). The van der Waals surface area contributed by atoms with E-state index in [1.807, 2.05) is 86.5 Å². The Hall–Kier alpha value is -5.47. The summed E-state index contributed by atoms with van der Waals surface area (Å²) in [4.78, 5) is 35.1. The smallest absolute Gasteiger partial charge is 0.340 e. The summed E-state index contributed by atoms with van der Waals surface area (Å²) in [6.07, 6.45) is 4.49. The first-order chi connectivity index (χ1) is 24.6. The highest BCUT2D eigenvalue weighted by molar-refractivity contribution is 7.19. The van der Waals surface area contributed by atoms with Crippen LogP contribution in [-0.2, 0) is 10.3 Å². The first kappa shape index (κ1) is 34.0. The van der Waals surface area contributed by atoms with Crippen molar-refractivity contribution < 1.29 is 28.2 Å². The fourth-order valence-corrected chi connectivity index (χ4v) is 7.53. The van der Waals surface area contributed by atoms with Crippen LogP contribution >= 0.6 is 11.3 Å². The summed E-state index contributed by atoms with van der Waals surface area (Å²) in [7, 11) is 7.82. The van der Waals surface area contributed by atoms with Crippen molar-refractivity contribution in [1.82, 2.24) is 4.98 Å². The normalized spacial score (nSPS) is 13.5. The van der Waals surface area contributed by atoms with Gasteiger partial charge in [0.25, 0.3) is 0 Å². The molecular weight excluding hydrogens is 668 g/mol. The SMILES string of the molecule is CN(C)c1ccc2c(c1)Oc1cc(N(C)C)ccc1C21OC(=O)c2ccc(C(=O)CCCCCCCOc3cc4sc(C#N)nc4cc3F)cc21. The first-order valence-corrected chi connectivity index (χ1v) is 17.8. The van der Waals surface area contributed by atoms with Gasteiger partial charge in [-0.05, 0) is 49.2 Å². The average Bonchev–Trinajstić information content (AvgIpc) is 3.66. The number of ketones is 1. The Morgan fingerprint density at radius 1 is 0.882 bits per heavy atom. The molecule has 260 valence electrons. The van der Waals surface area contributed by atoms with Crippen molar-refractivity contribution in [2.24, 2.45) is 0 Å². The Balaban J connectivity index is 1.02. The third-order valence-electron chi connectivity index (χ3n) is 9.47. The number of hydrogen-bond acceptors (Lipinski definition) is 10. The van der Waals surface area contributed by atoms with E-state index in [0.717, 1.165) is 43.5 Å². The molecule has 5 aromatic rings. The summed E-state index contributed by atoms with van der Waals surface area (Å²) in [6, 6.07) is 21.8. The van der Waals surface area contributed by atoms with Gasteiger partial charge in [0.15, 0.2) is 28.0 Å². The number of rotatable bonds is 12. The molecule has 3 heterocycles. The van der Waals surface area contributed by atoms with Crippen LogP contribution in [0.1, 0.15) is 80.9 Å². The third-order valence-corrected chi connectivity index (χ3v) is 10.4. The predicted octanol–water partition coefficient (Wildman–Crippen LogP) is 8.61. The number of unbranched alkanes of at least 4 members (excludes halogenated alkanes) is 4. The number of hydrogen-bond donors (Lipinski definition) is 0. The molecule has 0 amide bonds. The van der Waals surface area contributed by atoms with Crippen LogP contribution in [0.15, 0.2) is 66.7 Å². The molecular formula is C40H37FN4O5S. The van der Waals surface area contributed by atoms with Crippen LogP contribution < -0.4 is 19.3 Å². The Morgan fingerprint density at radius 3 is 2.22 bits per heavy atom. The van der Waals surface area contributed by atoms with Crippen LogP contribution in [0.5, 0.6) is 17.2 Å². The van der Waals surface area contributed by atoms with E-state index in [-0.39, 0.29) is 16.5 Å². The lowest BCUT2D eigenvalue weighted by Crippen LogP contribution is -2.33. The lowest BCUT2D eigenvalue weighted by Gasteiger charge is -2.37. The third kappa shape index (κ3) is 6.25. The summed E-state index contributed by atoms with van der Waals surface area (Å²) >= 11 is 1.21. The number of carbonyl (C=O) groups excluding carboxylic acids is 2. The molecule has 0 bridgehead atoms. The molecule has 0 N–H and O–H groups in total. The molecule has 51 heavy (non-hydrogen) atoms. The number of carbonyl (C=O) groups is 2. The number of nitrogens with zero attached hydrogens (tertiary/aromatic N) is 4. The zero-order chi connectivity index (χ0) is 35.9. The number of ether oxygens (including phenoxy) is 3. The van der Waals surface area contributed by atoms with Gasteiger partial charge in [-0.15, -0.1) is 11.3 Å². The zero-order valence-electron chi connectivity index (χ0n) is 28.9. The average molecular weight is 705 g/mol. The monoisotopic (exact) mass is 704 g/mol. The Kier molecular flexibility index (Phi) is 9.12. The summed E-state index contributed by atoms with van der Waals surface area (Å²) in [5.41, 5.74) is 4.08. The van der Waals surface area contributed by atoms with E-state index in [4.69, 9.17) is 19.5 Å². The lowest BCUT2D eigenvalue weighted by molar-refractivity contribution is 0.0224. The first-order valence-electron chi connectivity index (χ1n) is 16.9. The van der Waals surface area contributed by atoms with Gasteiger partial charge in [0.05, 0.1) is 22.4 Å². The van der Waals surface area contributed by atoms with E-state index >= 15 is 0 Å². The number of aromatic nitrogens is 1. The minimum Gasteiger partial charge on any atom is -0.490 e. The van der Waals surface area contributed by atoms with E-state index in [2.05, 4.69) is 4.98 Å². The molecule has 0 saturated carbocycles. The quantitative estimate of drug-likeness (QED) is 0.0717. The van der Waals surface area contributed by atoms with Gasteiger partial charge >= 0.3 is 5.97 Å². The Bertz CT molecular complexity index is 2170. The van der Waals surface area contributed by atoms with Crippen LogP contribution in [0.4, 0.5) is 15.8 Å². The van der Waals surface area contributed by atoms with Crippen LogP contribution in [-0.4, -0.2) is 51.5 Å². The predicted molar refractivity (Wildman–Crippen MR) is 195 cm³/mol. The summed E-state index contributed by atoms with van der Waals surface area (Å²) in [5.74, 6) is 0.406. The van der Waals surface area contributed by atoms with Crippen molar-refractivity contribution in [3.63, 3.8) is 0 Å². The summed E-state index contributed by atoms with van der Waals surface area (Å²) in [6.45, 7) is 0.368. The zero-order valence-corrected chi connectivity index (χ0v) is 29.7. The van der Waals surface area contributed by atoms with Crippen LogP contribution in [0.25, 0.3) is 10.2 Å². The van der Waals surface area contributed by atoms with Gasteiger partial charge < -0.3 is 24.0 Å². The molecule has 4 aromatic carbocycles. The second kappa shape index (κ2) is 13.7. The molecule has 0 radical (unpaired) electrons. The number of esters is 1. The summed E-state index contributed by atoms with van der Waals surface area (Å²) < 4.78 is 33.6. The van der Waals surface area contributed by atoms with Crippen molar-refractivity contribution in [3.8, 4) is 23.3 Å². The van der Waals surface area contributed by atoms with E-state index < -0.39 is 17.4 Å². The van der Waals surface area contributed by atoms with Crippen molar-refractivity contribution in [1.29, 1.82) is 5.26 Å². The molecule has 0 saturated heterocycles. The topological polar surface area (TPSA) is 105 Å². The van der Waals surface area contributed by atoms with Gasteiger partial charge in [0.1, 0.15) is 17.6 Å². The van der Waals surface area contributed by atoms with Crippen molar-refractivity contribution in [2.75, 3.05) is 44.6 Å². The molecule has 1 spiro atoms. The Labute approximate surface area is 299 Å². The molecule has 9 nitrogen and oxygen atoms in total. The molecule has 11 heteroatoms. The maximum Gasteiger partial charge on any atom is 0.340 e. The largest absolute Gasteiger partial charge is 0.490 e. The van der Waals surface area contributed by atoms with Crippen LogP contribution in [0.3, 0.4) is 0 Å². The maximum atomic E-state index is 14.4. The van der Waals surface area contributed by atoms with Crippen molar-refractivity contribution in [2.45, 2.75) is 44.1 Å². The van der Waals surface area contributed by atoms with Crippen molar-refractivity contribution >= 4 is 44.7 Å². The second-order valence-corrected chi connectivity index (χ2v) is 14.3. The van der Waals surface area contributed by atoms with Gasteiger partial charge in [0, 0.05) is 92.5 Å². The van der Waals surface area contributed by atoms with Crippen LogP contribution in [0, 0.1) is 17.1 Å². The minimum absolute atomic E-state index is 0.00235. The molecule has 0 atom stereocenters. The highest BCUT2D eigenvalue weighted by atomic mass is 32.1. The van der Waals surface area contributed by atoms with Gasteiger partial charge in [-0.2, -0.15) is 5.26 Å². The van der Waals surface area contributed by atoms with Crippen LogP contribution in [0.2, 0.25) is 0 Å². The number of thiazole rings is 1. The molecule has 0 aliphatic carbocycles. The number of anilines is 2. The van der Waals surface area contributed by atoms with E-state index in [9.17, 15) is 14.0 Å². The summed E-state index contributed by atoms with van der Waals surface area (Å²) in [5, 5.41) is 9.34. The molecule has 2 aliphatic heterocycles. The van der Waals surface area contributed by atoms with Crippen molar-refractivity contribution in [3.05, 3.63) is 105 Å². The Morgan fingerprint density at radius 2 is 1.55 bits per heavy atom. The van der Waals surface area contributed by atoms with Gasteiger partial charge in [0.2, 0.25) is 0 Å². The van der Waals surface area contributed by atoms with Gasteiger partial charge in [-0.1, -0.05) is 25.3 Å². The molecule has 0 fully saturated rings. The standard InChI is InChI=1S/C40H37FN4O5S/c1-44(2)25-12-15-28-34(19-25)49-35-20-26(45(3)4)13-16-29(35)40(28)30-18-24(11-14-27(30)39(47)50-40)33(46)10-8-6-5-7-9-17-48-36-22-37-32(21-31(36)41)43-38(23-42)51-37/h11-16,18-22H,5-10,17H2,1-4H3.